The fourth-order valence-electron chi connectivity index (χ4n) is 3.78. The lowest BCUT2D eigenvalue weighted by Crippen LogP contribution is -2.36. The van der Waals surface area contributed by atoms with Crippen molar-refractivity contribution >= 4 is 30.7 Å². The van der Waals surface area contributed by atoms with E-state index in [0.717, 1.165) is 30.4 Å². The van der Waals surface area contributed by atoms with Crippen LogP contribution in [0.4, 0.5) is 0 Å². The first-order chi connectivity index (χ1) is 13.6. The van der Waals surface area contributed by atoms with Crippen LogP contribution in [0.2, 0.25) is 0 Å². The van der Waals surface area contributed by atoms with E-state index in [1.54, 1.807) is 19.5 Å². The van der Waals surface area contributed by atoms with Crippen molar-refractivity contribution in [2.24, 2.45) is 17.6 Å². The Kier molecular flexibility index (Phi) is 10.9. The van der Waals surface area contributed by atoms with Crippen LogP contribution < -0.4 is 20.5 Å². The molecule has 1 aromatic carbocycles. The number of ether oxygens (including phenoxy) is 2. The molecule has 2 aromatic rings. The highest BCUT2D eigenvalue weighted by atomic mass is 35.5. The Morgan fingerprint density at radius 1 is 1.20 bits per heavy atom. The molecule has 1 unspecified atom stereocenters. The number of hydrogen-bond donors (Lipinski definition) is 2. The van der Waals surface area contributed by atoms with Crippen LogP contribution in [0.5, 0.6) is 11.5 Å². The molecule has 3 N–H and O–H groups in total. The number of pyridine rings is 1. The van der Waals surface area contributed by atoms with Gasteiger partial charge in [0.05, 0.1) is 13.2 Å². The van der Waals surface area contributed by atoms with E-state index in [2.05, 4.69) is 10.3 Å². The fourth-order valence-corrected chi connectivity index (χ4v) is 3.78. The summed E-state index contributed by atoms with van der Waals surface area (Å²) in [6, 6.07) is 9.48. The summed E-state index contributed by atoms with van der Waals surface area (Å²) in [7, 11) is 1.62. The van der Waals surface area contributed by atoms with Gasteiger partial charge in [0.15, 0.2) is 11.5 Å². The first-order valence-corrected chi connectivity index (χ1v) is 9.82. The molecule has 0 radical (unpaired) electrons. The number of aromatic nitrogens is 1. The second-order valence-electron chi connectivity index (χ2n) is 7.32. The molecule has 3 rings (SSSR count). The number of halogens is 2. The van der Waals surface area contributed by atoms with Crippen LogP contribution in [-0.4, -0.2) is 24.5 Å². The Morgan fingerprint density at radius 3 is 2.60 bits per heavy atom. The van der Waals surface area contributed by atoms with Crippen molar-refractivity contribution in [2.75, 3.05) is 13.7 Å². The molecule has 1 aromatic heterocycles. The first kappa shape index (κ1) is 26.0. The van der Waals surface area contributed by atoms with E-state index in [9.17, 15) is 4.79 Å². The highest BCUT2D eigenvalue weighted by molar-refractivity contribution is 5.85. The molecule has 1 fully saturated rings. The molecule has 0 bridgehead atoms. The van der Waals surface area contributed by atoms with Gasteiger partial charge in [0.1, 0.15) is 6.61 Å². The minimum Gasteiger partial charge on any atom is -0.493 e. The summed E-state index contributed by atoms with van der Waals surface area (Å²) in [5.74, 6) is 1.73. The third kappa shape index (κ3) is 6.49. The molecule has 1 aliphatic carbocycles. The summed E-state index contributed by atoms with van der Waals surface area (Å²) in [5.41, 5.74) is 7.83. The Hall–Kier alpha value is -2.02. The number of nitrogens with zero attached hydrogens (tertiary/aromatic N) is 1. The summed E-state index contributed by atoms with van der Waals surface area (Å²) in [6.07, 6.45) is 6.52. The van der Waals surface area contributed by atoms with Crippen molar-refractivity contribution in [1.82, 2.24) is 10.3 Å². The number of nitrogens with one attached hydrogen (secondary N) is 1. The number of benzene rings is 1. The monoisotopic (exact) mass is 455 g/mol. The van der Waals surface area contributed by atoms with Crippen LogP contribution in [0.25, 0.3) is 0 Å². The lowest BCUT2D eigenvalue weighted by atomic mass is 9.94. The summed E-state index contributed by atoms with van der Waals surface area (Å²) in [6.45, 7) is 2.99. The van der Waals surface area contributed by atoms with E-state index >= 15 is 0 Å². The topological polar surface area (TPSA) is 86.5 Å². The van der Waals surface area contributed by atoms with E-state index in [-0.39, 0.29) is 42.7 Å². The standard InChI is InChI=1S/C22H29N3O3.2ClH/c1-15(25-22(26)19-5-3-4-18(19)13-23)17-6-7-20(21(12-17)27-2)28-14-16-8-10-24-11-9-16;;/h6-12,15,18-19H,3-5,13-14,23H2,1-2H3,(H,25,26);2*1H/t15?,18-,19-;;/m1../s1. The molecule has 0 saturated heterocycles. The van der Waals surface area contributed by atoms with Gasteiger partial charge in [-0.05, 0) is 67.6 Å². The van der Waals surface area contributed by atoms with Crippen molar-refractivity contribution in [2.45, 2.75) is 38.8 Å². The lowest BCUT2D eigenvalue weighted by Gasteiger charge is -2.22. The zero-order valence-corrected chi connectivity index (χ0v) is 19.0. The molecule has 0 spiro atoms. The normalized spacial score (nSPS) is 18.5. The predicted molar refractivity (Wildman–Crippen MR) is 123 cm³/mol. The van der Waals surface area contributed by atoms with Crippen molar-refractivity contribution in [3.63, 3.8) is 0 Å². The quantitative estimate of drug-likeness (QED) is 0.626. The molecule has 3 atom stereocenters. The molecular weight excluding hydrogens is 425 g/mol. The van der Waals surface area contributed by atoms with Crippen molar-refractivity contribution in [3.8, 4) is 11.5 Å². The maximum absolute atomic E-state index is 12.7. The minimum atomic E-state index is -0.116. The molecule has 166 valence electrons. The van der Waals surface area contributed by atoms with Gasteiger partial charge in [-0.25, -0.2) is 0 Å². The van der Waals surface area contributed by atoms with Crippen molar-refractivity contribution < 1.29 is 14.3 Å². The lowest BCUT2D eigenvalue weighted by molar-refractivity contribution is -0.126. The average Bonchev–Trinajstić information content (AvgIpc) is 3.22. The molecule has 6 nitrogen and oxygen atoms in total. The Balaban J connectivity index is 0.00000225. The molecule has 1 saturated carbocycles. The number of carbonyl (C=O) groups excluding carboxylic acids is 1. The minimum absolute atomic E-state index is 0. The SMILES string of the molecule is COc1cc(C(C)NC(=O)[C@@H]2CCC[C@@H]2CN)ccc1OCc1ccncc1.Cl.Cl. The third-order valence-electron chi connectivity index (χ3n) is 5.49. The van der Waals surface area contributed by atoms with Crippen LogP contribution in [0, 0.1) is 11.8 Å². The van der Waals surface area contributed by atoms with Crippen LogP contribution in [0.1, 0.15) is 43.4 Å². The highest BCUT2D eigenvalue weighted by Crippen LogP contribution is 2.33. The molecular formula is C22H31Cl2N3O3. The fraction of sp³-hybridized carbons (Fsp3) is 0.455. The van der Waals surface area contributed by atoms with Gasteiger partial charge >= 0.3 is 0 Å². The molecule has 8 heteroatoms. The zero-order valence-electron chi connectivity index (χ0n) is 17.4. The van der Waals surface area contributed by atoms with Gasteiger partial charge in [-0.1, -0.05) is 12.5 Å². The number of hydrogen-bond acceptors (Lipinski definition) is 5. The smallest absolute Gasteiger partial charge is 0.223 e. The maximum Gasteiger partial charge on any atom is 0.223 e. The van der Waals surface area contributed by atoms with Gasteiger partial charge < -0.3 is 20.5 Å². The van der Waals surface area contributed by atoms with Crippen LogP contribution in [-0.2, 0) is 11.4 Å². The summed E-state index contributed by atoms with van der Waals surface area (Å²) in [4.78, 5) is 16.7. The predicted octanol–water partition coefficient (Wildman–Crippen LogP) is 4.07. The van der Waals surface area contributed by atoms with Gasteiger partial charge in [-0.2, -0.15) is 0 Å². The van der Waals surface area contributed by atoms with Gasteiger partial charge in [-0.15, -0.1) is 24.8 Å². The van der Waals surface area contributed by atoms with E-state index in [1.807, 2.05) is 37.3 Å². The number of rotatable bonds is 8. The van der Waals surface area contributed by atoms with Crippen LogP contribution in [0.3, 0.4) is 0 Å². The van der Waals surface area contributed by atoms with E-state index in [4.69, 9.17) is 15.2 Å². The van der Waals surface area contributed by atoms with E-state index in [1.165, 1.54) is 0 Å². The van der Waals surface area contributed by atoms with Crippen molar-refractivity contribution in [3.05, 3.63) is 53.9 Å². The third-order valence-corrected chi connectivity index (χ3v) is 5.49. The second kappa shape index (κ2) is 12.6. The van der Waals surface area contributed by atoms with Crippen LogP contribution in [0.15, 0.2) is 42.7 Å². The Morgan fingerprint density at radius 2 is 1.93 bits per heavy atom. The summed E-state index contributed by atoms with van der Waals surface area (Å²) >= 11 is 0. The number of nitrogens with two attached hydrogens (primary N) is 1. The van der Waals surface area contributed by atoms with Crippen LogP contribution >= 0.6 is 24.8 Å². The molecule has 30 heavy (non-hydrogen) atoms. The summed E-state index contributed by atoms with van der Waals surface area (Å²) in [5, 5.41) is 3.13. The van der Waals surface area contributed by atoms with Gasteiger partial charge in [-0.3, -0.25) is 9.78 Å². The number of amides is 1. The Bertz CT molecular complexity index is 792. The largest absolute Gasteiger partial charge is 0.493 e. The first-order valence-electron chi connectivity index (χ1n) is 9.82. The second-order valence-corrected chi connectivity index (χ2v) is 7.32. The maximum atomic E-state index is 12.7. The molecule has 0 aliphatic heterocycles. The van der Waals surface area contributed by atoms with Gasteiger partial charge in [0, 0.05) is 18.3 Å². The summed E-state index contributed by atoms with van der Waals surface area (Å²) < 4.78 is 11.4. The molecule has 1 heterocycles. The highest BCUT2D eigenvalue weighted by Gasteiger charge is 2.32. The molecule has 1 aliphatic rings. The van der Waals surface area contributed by atoms with Crippen molar-refractivity contribution in [1.29, 1.82) is 0 Å². The number of methoxy groups -OCH3 is 1. The van der Waals surface area contributed by atoms with E-state index < -0.39 is 0 Å². The van der Waals surface area contributed by atoms with Gasteiger partial charge in [0.2, 0.25) is 5.91 Å². The Labute approximate surface area is 190 Å². The van der Waals surface area contributed by atoms with Gasteiger partial charge in [0.25, 0.3) is 0 Å². The average molecular weight is 456 g/mol. The van der Waals surface area contributed by atoms with E-state index in [0.29, 0.717) is 30.6 Å². The zero-order chi connectivity index (χ0) is 19.9. The molecule has 1 amide bonds. The number of carbonyl (C=O) groups is 1.